The highest BCUT2D eigenvalue weighted by atomic mass is 79.9. The predicted molar refractivity (Wildman–Crippen MR) is 59.4 cm³/mol. The van der Waals surface area contributed by atoms with Crippen LogP contribution < -0.4 is 5.32 Å². The van der Waals surface area contributed by atoms with Crippen molar-refractivity contribution in [2.75, 3.05) is 12.4 Å². The number of carbonyl (C=O) groups excluding carboxylic acids is 2. The van der Waals surface area contributed by atoms with Crippen LogP contribution in [0.25, 0.3) is 0 Å². The summed E-state index contributed by atoms with van der Waals surface area (Å²) in [5, 5.41) is 2.27. The maximum absolute atomic E-state index is 13.2. The number of carbonyl (C=O) groups is 2. The van der Waals surface area contributed by atoms with Crippen molar-refractivity contribution in [2.24, 2.45) is 0 Å². The summed E-state index contributed by atoms with van der Waals surface area (Å²) in [5.74, 6) is -1.86. The molecule has 0 heterocycles. The Morgan fingerprint density at radius 2 is 2.19 bits per heavy atom. The highest BCUT2D eigenvalue weighted by molar-refractivity contribution is 9.10. The van der Waals surface area contributed by atoms with Crippen molar-refractivity contribution < 1.29 is 18.7 Å². The molecule has 0 aliphatic heterocycles. The van der Waals surface area contributed by atoms with E-state index in [1.807, 2.05) is 0 Å². The number of amides is 1. The van der Waals surface area contributed by atoms with E-state index in [1.165, 1.54) is 25.3 Å². The molecule has 0 fully saturated rings. The largest absolute Gasteiger partial charge is 0.469 e. The SMILES string of the molecule is COC(=O)CC(=O)Nc1cc(Br)ccc1F. The van der Waals surface area contributed by atoms with Crippen LogP contribution in [0.5, 0.6) is 0 Å². The molecular formula is C10H9BrFNO3. The molecule has 0 unspecified atom stereocenters. The van der Waals surface area contributed by atoms with E-state index in [9.17, 15) is 14.0 Å². The lowest BCUT2D eigenvalue weighted by molar-refractivity contribution is -0.142. The standard InChI is InChI=1S/C10H9BrFNO3/c1-16-10(15)5-9(14)13-8-4-6(11)2-3-7(8)12/h2-4H,5H2,1H3,(H,13,14). The number of ether oxygens (including phenoxy) is 1. The second-order valence-corrected chi connectivity index (χ2v) is 3.84. The highest BCUT2D eigenvalue weighted by Crippen LogP contribution is 2.20. The normalized spacial score (nSPS) is 9.69. The second-order valence-electron chi connectivity index (χ2n) is 2.93. The van der Waals surface area contributed by atoms with Gasteiger partial charge in [-0.2, -0.15) is 0 Å². The van der Waals surface area contributed by atoms with Crippen molar-refractivity contribution >= 4 is 33.5 Å². The Bertz CT molecular complexity index is 423. The van der Waals surface area contributed by atoms with Gasteiger partial charge in [0.15, 0.2) is 0 Å². The molecule has 1 N–H and O–H groups in total. The van der Waals surface area contributed by atoms with Crippen molar-refractivity contribution in [1.82, 2.24) is 0 Å². The summed E-state index contributed by atoms with van der Waals surface area (Å²) in [6.07, 6.45) is -0.442. The summed E-state index contributed by atoms with van der Waals surface area (Å²) in [5.41, 5.74) is 0.0169. The molecule has 1 aromatic rings. The number of anilines is 1. The Kier molecular flexibility index (Phi) is 4.42. The van der Waals surface area contributed by atoms with Crippen molar-refractivity contribution in [3.05, 3.63) is 28.5 Å². The van der Waals surface area contributed by atoms with Gasteiger partial charge in [-0.25, -0.2) is 4.39 Å². The average Bonchev–Trinajstić information content (AvgIpc) is 2.23. The fraction of sp³-hybridized carbons (Fsp3) is 0.200. The first-order valence-corrected chi connectivity index (χ1v) is 5.14. The van der Waals surface area contributed by atoms with E-state index in [1.54, 1.807) is 0 Å². The summed E-state index contributed by atoms with van der Waals surface area (Å²) in [6, 6.07) is 4.12. The second kappa shape index (κ2) is 5.60. The van der Waals surface area contributed by atoms with E-state index >= 15 is 0 Å². The minimum atomic E-state index is -0.673. The van der Waals surface area contributed by atoms with Crippen molar-refractivity contribution in [2.45, 2.75) is 6.42 Å². The molecule has 0 atom stereocenters. The third kappa shape index (κ3) is 3.62. The van der Waals surface area contributed by atoms with Gasteiger partial charge < -0.3 is 10.1 Å². The fourth-order valence-corrected chi connectivity index (χ4v) is 1.35. The molecule has 16 heavy (non-hydrogen) atoms. The van der Waals surface area contributed by atoms with Gasteiger partial charge in [-0.15, -0.1) is 0 Å². The Labute approximate surface area is 99.9 Å². The summed E-state index contributed by atoms with van der Waals surface area (Å²) in [7, 11) is 1.18. The number of hydrogen-bond acceptors (Lipinski definition) is 3. The maximum atomic E-state index is 13.2. The van der Waals surface area contributed by atoms with Crippen LogP contribution in [-0.2, 0) is 14.3 Å². The molecule has 86 valence electrons. The molecule has 0 saturated heterocycles. The van der Waals surface area contributed by atoms with Gasteiger partial charge in [-0.3, -0.25) is 9.59 Å². The zero-order valence-electron chi connectivity index (χ0n) is 8.42. The van der Waals surface area contributed by atoms with Gasteiger partial charge in [0.05, 0.1) is 12.8 Å². The zero-order chi connectivity index (χ0) is 12.1. The van der Waals surface area contributed by atoms with Gasteiger partial charge in [-0.1, -0.05) is 15.9 Å². The maximum Gasteiger partial charge on any atom is 0.315 e. The molecule has 6 heteroatoms. The van der Waals surface area contributed by atoms with Gasteiger partial charge in [0, 0.05) is 4.47 Å². The van der Waals surface area contributed by atoms with Crippen LogP contribution >= 0.6 is 15.9 Å². The van der Waals surface area contributed by atoms with Gasteiger partial charge in [0.1, 0.15) is 12.2 Å². The minimum absolute atomic E-state index is 0.0169. The number of rotatable bonds is 3. The van der Waals surface area contributed by atoms with Crippen LogP contribution in [0.2, 0.25) is 0 Å². The molecule has 0 radical (unpaired) electrons. The summed E-state index contributed by atoms with van der Waals surface area (Å²) in [6.45, 7) is 0. The van der Waals surface area contributed by atoms with Crippen LogP contribution in [0.4, 0.5) is 10.1 Å². The molecular weight excluding hydrogens is 281 g/mol. The lowest BCUT2D eigenvalue weighted by Gasteiger charge is -2.05. The number of esters is 1. The first-order chi connectivity index (χ1) is 7.52. The topological polar surface area (TPSA) is 55.4 Å². The van der Waals surface area contributed by atoms with Crippen LogP contribution in [0.3, 0.4) is 0 Å². The number of nitrogens with one attached hydrogen (secondary N) is 1. The monoisotopic (exact) mass is 289 g/mol. The summed E-state index contributed by atoms with van der Waals surface area (Å²) in [4.78, 5) is 22.0. The summed E-state index contributed by atoms with van der Waals surface area (Å²) >= 11 is 3.14. The van der Waals surface area contributed by atoms with E-state index < -0.39 is 24.1 Å². The molecule has 0 aliphatic rings. The van der Waals surface area contributed by atoms with Crippen LogP contribution in [-0.4, -0.2) is 19.0 Å². The Hall–Kier alpha value is -1.43. The Morgan fingerprint density at radius 3 is 2.81 bits per heavy atom. The van der Waals surface area contributed by atoms with E-state index in [-0.39, 0.29) is 5.69 Å². The molecule has 1 rings (SSSR count). The Morgan fingerprint density at radius 1 is 1.50 bits per heavy atom. The lowest BCUT2D eigenvalue weighted by Crippen LogP contribution is -2.17. The van der Waals surface area contributed by atoms with E-state index in [2.05, 4.69) is 26.0 Å². The molecule has 0 saturated carbocycles. The molecule has 4 nitrogen and oxygen atoms in total. The molecule has 0 aromatic heterocycles. The van der Waals surface area contributed by atoms with Gasteiger partial charge in [0.2, 0.25) is 5.91 Å². The molecule has 1 amide bonds. The van der Waals surface area contributed by atoms with Crippen LogP contribution in [0, 0.1) is 5.82 Å². The average molecular weight is 290 g/mol. The van der Waals surface area contributed by atoms with Crippen molar-refractivity contribution in [1.29, 1.82) is 0 Å². The molecule has 0 spiro atoms. The molecule has 0 aliphatic carbocycles. The van der Waals surface area contributed by atoms with Crippen LogP contribution in [0.1, 0.15) is 6.42 Å². The Balaban J connectivity index is 2.69. The number of methoxy groups -OCH3 is 1. The third-order valence-electron chi connectivity index (χ3n) is 1.74. The third-order valence-corrected chi connectivity index (χ3v) is 2.23. The first kappa shape index (κ1) is 12.6. The molecule has 0 bridgehead atoms. The highest BCUT2D eigenvalue weighted by Gasteiger charge is 2.11. The zero-order valence-corrected chi connectivity index (χ0v) is 10.0. The summed E-state index contributed by atoms with van der Waals surface area (Å²) < 4.78 is 18.1. The molecule has 1 aromatic carbocycles. The van der Waals surface area contributed by atoms with Gasteiger partial charge >= 0.3 is 5.97 Å². The lowest BCUT2D eigenvalue weighted by atomic mass is 10.3. The number of halogens is 2. The van der Waals surface area contributed by atoms with E-state index in [0.29, 0.717) is 4.47 Å². The van der Waals surface area contributed by atoms with Gasteiger partial charge in [-0.05, 0) is 18.2 Å². The quantitative estimate of drug-likeness (QED) is 0.685. The van der Waals surface area contributed by atoms with E-state index in [0.717, 1.165) is 0 Å². The minimum Gasteiger partial charge on any atom is -0.469 e. The smallest absolute Gasteiger partial charge is 0.315 e. The van der Waals surface area contributed by atoms with Crippen molar-refractivity contribution in [3.63, 3.8) is 0 Å². The predicted octanol–water partition coefficient (Wildman–Crippen LogP) is 2.09. The van der Waals surface area contributed by atoms with Gasteiger partial charge in [0.25, 0.3) is 0 Å². The fourth-order valence-electron chi connectivity index (χ4n) is 0.991. The number of hydrogen-bond donors (Lipinski definition) is 1. The first-order valence-electron chi connectivity index (χ1n) is 4.34. The van der Waals surface area contributed by atoms with E-state index in [4.69, 9.17) is 0 Å². The van der Waals surface area contributed by atoms with Crippen LogP contribution in [0.15, 0.2) is 22.7 Å². The van der Waals surface area contributed by atoms with Crippen molar-refractivity contribution in [3.8, 4) is 0 Å². The number of benzene rings is 1.